The molecule has 0 saturated carbocycles. The third-order valence-corrected chi connectivity index (χ3v) is 4.24. The minimum atomic E-state index is -0.262. The molecular formula is C16H28N4O4. The predicted molar refractivity (Wildman–Crippen MR) is 89.7 cm³/mol. The molecule has 0 aromatic carbocycles. The van der Waals surface area contributed by atoms with Crippen molar-refractivity contribution in [2.45, 2.75) is 32.3 Å². The smallest absolute Gasteiger partial charge is 0.307 e. The first-order valence-corrected chi connectivity index (χ1v) is 8.66. The van der Waals surface area contributed by atoms with E-state index in [0.717, 1.165) is 38.4 Å². The third kappa shape index (κ3) is 5.09. The lowest BCUT2D eigenvalue weighted by atomic mass is 10.2. The number of piperazine rings is 1. The monoisotopic (exact) mass is 340 g/mol. The highest BCUT2D eigenvalue weighted by atomic mass is 16.5. The molecule has 2 aliphatic heterocycles. The number of hydrogen-bond donors (Lipinski definition) is 1. The van der Waals surface area contributed by atoms with Crippen LogP contribution in [-0.4, -0.2) is 86.7 Å². The van der Waals surface area contributed by atoms with Crippen LogP contribution in [0.2, 0.25) is 0 Å². The van der Waals surface area contributed by atoms with E-state index in [0.29, 0.717) is 26.2 Å². The molecule has 2 heterocycles. The van der Waals surface area contributed by atoms with Crippen molar-refractivity contribution in [3.63, 3.8) is 0 Å². The normalized spacial score (nSPS) is 21.8. The Morgan fingerprint density at radius 2 is 1.96 bits per heavy atom. The molecule has 2 rings (SSSR count). The van der Waals surface area contributed by atoms with Crippen molar-refractivity contribution in [3.8, 4) is 0 Å². The Hall–Kier alpha value is -1.83. The lowest BCUT2D eigenvalue weighted by Gasteiger charge is -2.37. The Morgan fingerprint density at radius 1 is 1.25 bits per heavy atom. The van der Waals surface area contributed by atoms with Crippen LogP contribution in [0, 0.1) is 0 Å². The quantitative estimate of drug-likeness (QED) is 0.425. The van der Waals surface area contributed by atoms with E-state index in [1.54, 1.807) is 0 Å². The molecule has 8 heteroatoms. The third-order valence-electron chi connectivity index (χ3n) is 4.24. The zero-order valence-electron chi connectivity index (χ0n) is 14.6. The summed E-state index contributed by atoms with van der Waals surface area (Å²) in [5.41, 5.74) is 0. The van der Waals surface area contributed by atoms with E-state index in [4.69, 9.17) is 4.74 Å². The maximum absolute atomic E-state index is 12.4. The minimum Gasteiger partial charge on any atom is -0.469 e. The summed E-state index contributed by atoms with van der Waals surface area (Å²) in [5.74, 6) is 0.631. The first kappa shape index (κ1) is 18.5. The number of rotatable bonds is 5. The minimum absolute atomic E-state index is 0.111. The molecule has 0 aromatic heterocycles. The molecule has 1 unspecified atom stereocenters. The Labute approximate surface area is 143 Å². The van der Waals surface area contributed by atoms with E-state index in [2.05, 4.69) is 19.9 Å². The van der Waals surface area contributed by atoms with Crippen LogP contribution < -0.4 is 5.32 Å². The molecule has 2 fully saturated rings. The number of nitrogens with zero attached hydrogens (tertiary/aromatic N) is 3. The Balaban J connectivity index is 1.84. The maximum atomic E-state index is 12.4. The van der Waals surface area contributed by atoms with Crippen molar-refractivity contribution in [1.82, 2.24) is 15.1 Å². The predicted octanol–water partition coefficient (Wildman–Crippen LogP) is -0.162. The number of guanidine groups is 1. The number of nitrogens with one attached hydrogen (secondary N) is 1. The van der Waals surface area contributed by atoms with Crippen molar-refractivity contribution in [2.75, 3.05) is 53.0 Å². The number of carbonyl (C=O) groups is 2. The summed E-state index contributed by atoms with van der Waals surface area (Å²) in [4.78, 5) is 32.0. The van der Waals surface area contributed by atoms with E-state index in [1.807, 2.05) is 11.8 Å². The first-order valence-electron chi connectivity index (χ1n) is 8.66. The van der Waals surface area contributed by atoms with Gasteiger partial charge in [-0.15, -0.1) is 0 Å². The van der Waals surface area contributed by atoms with Gasteiger partial charge in [-0.25, -0.2) is 0 Å². The van der Waals surface area contributed by atoms with Crippen molar-refractivity contribution in [3.05, 3.63) is 0 Å². The molecule has 8 nitrogen and oxygen atoms in total. The van der Waals surface area contributed by atoms with Crippen LogP contribution in [0.3, 0.4) is 0 Å². The summed E-state index contributed by atoms with van der Waals surface area (Å²) < 4.78 is 10.1. The standard InChI is InChI=1S/C16H28N4O4/c1-3-17-16(18-7-6-14(21)23-2)20-10-8-19(9-11-20)15(22)13-5-4-12-24-13/h13H,3-12H2,1-2H3,(H,17,18). The summed E-state index contributed by atoms with van der Waals surface area (Å²) in [5, 5.41) is 3.24. The van der Waals surface area contributed by atoms with Crippen LogP contribution in [0.5, 0.6) is 0 Å². The average molecular weight is 340 g/mol. The van der Waals surface area contributed by atoms with Crippen molar-refractivity contribution in [1.29, 1.82) is 0 Å². The summed E-state index contributed by atoms with van der Waals surface area (Å²) in [6.07, 6.45) is 1.81. The van der Waals surface area contributed by atoms with E-state index < -0.39 is 0 Å². The van der Waals surface area contributed by atoms with E-state index in [-0.39, 0.29) is 24.4 Å². The second-order valence-corrected chi connectivity index (χ2v) is 5.88. The highest BCUT2D eigenvalue weighted by Gasteiger charge is 2.30. The van der Waals surface area contributed by atoms with Gasteiger partial charge in [0.25, 0.3) is 5.91 Å². The summed E-state index contributed by atoms with van der Waals surface area (Å²) >= 11 is 0. The molecule has 2 saturated heterocycles. The van der Waals surface area contributed by atoms with Gasteiger partial charge >= 0.3 is 5.97 Å². The van der Waals surface area contributed by atoms with Crippen molar-refractivity contribution < 1.29 is 19.1 Å². The van der Waals surface area contributed by atoms with Crippen LogP contribution >= 0.6 is 0 Å². The molecule has 0 aromatic rings. The molecule has 0 radical (unpaired) electrons. The molecule has 1 amide bonds. The van der Waals surface area contributed by atoms with Gasteiger partial charge in [0, 0.05) is 39.3 Å². The fourth-order valence-electron chi connectivity index (χ4n) is 2.90. The van der Waals surface area contributed by atoms with Crippen molar-refractivity contribution in [2.24, 2.45) is 4.99 Å². The number of ether oxygens (including phenoxy) is 2. The highest BCUT2D eigenvalue weighted by Crippen LogP contribution is 2.16. The number of hydrogen-bond acceptors (Lipinski definition) is 5. The fraction of sp³-hybridized carbons (Fsp3) is 0.812. The van der Waals surface area contributed by atoms with Crippen LogP contribution in [0.4, 0.5) is 0 Å². The molecule has 1 N–H and O–H groups in total. The molecule has 24 heavy (non-hydrogen) atoms. The largest absolute Gasteiger partial charge is 0.469 e. The molecule has 0 bridgehead atoms. The van der Waals surface area contributed by atoms with E-state index in [1.165, 1.54) is 7.11 Å². The lowest BCUT2D eigenvalue weighted by molar-refractivity contribution is -0.142. The van der Waals surface area contributed by atoms with Crippen LogP contribution in [0.25, 0.3) is 0 Å². The maximum Gasteiger partial charge on any atom is 0.307 e. The van der Waals surface area contributed by atoms with Gasteiger partial charge in [-0.3, -0.25) is 14.6 Å². The summed E-state index contributed by atoms with van der Waals surface area (Å²) in [7, 11) is 1.38. The lowest BCUT2D eigenvalue weighted by Crippen LogP contribution is -2.55. The van der Waals surface area contributed by atoms with Gasteiger partial charge in [0.1, 0.15) is 6.10 Å². The van der Waals surface area contributed by atoms with Gasteiger partial charge in [-0.2, -0.15) is 0 Å². The van der Waals surface area contributed by atoms with Gasteiger partial charge in [-0.05, 0) is 19.8 Å². The van der Waals surface area contributed by atoms with Crippen molar-refractivity contribution >= 4 is 17.8 Å². The SMILES string of the molecule is CCNC(=NCCC(=O)OC)N1CCN(C(=O)C2CCCO2)CC1. The Bertz CT molecular complexity index is 455. The topological polar surface area (TPSA) is 83.5 Å². The second kappa shape index (κ2) is 9.46. The Morgan fingerprint density at radius 3 is 2.54 bits per heavy atom. The van der Waals surface area contributed by atoms with Crippen LogP contribution in [0.15, 0.2) is 4.99 Å². The van der Waals surface area contributed by atoms with Gasteiger partial charge in [-0.1, -0.05) is 0 Å². The number of methoxy groups -OCH3 is 1. The molecule has 0 spiro atoms. The molecule has 1 atom stereocenters. The van der Waals surface area contributed by atoms with E-state index in [9.17, 15) is 9.59 Å². The second-order valence-electron chi connectivity index (χ2n) is 5.88. The fourth-order valence-corrected chi connectivity index (χ4v) is 2.90. The number of carbonyl (C=O) groups excluding carboxylic acids is 2. The molecule has 2 aliphatic rings. The Kier molecular flexibility index (Phi) is 7.30. The van der Waals surface area contributed by atoms with Gasteiger partial charge < -0.3 is 24.6 Å². The van der Waals surface area contributed by atoms with Gasteiger partial charge in [0.15, 0.2) is 5.96 Å². The first-order chi connectivity index (χ1) is 11.7. The van der Waals surface area contributed by atoms with Crippen LogP contribution in [0.1, 0.15) is 26.2 Å². The van der Waals surface area contributed by atoms with Gasteiger partial charge in [0.2, 0.25) is 0 Å². The zero-order chi connectivity index (χ0) is 17.4. The average Bonchev–Trinajstić information content (AvgIpc) is 3.15. The number of aliphatic imine (C=N–C) groups is 1. The summed E-state index contributed by atoms with van der Waals surface area (Å²) in [6, 6.07) is 0. The number of amides is 1. The molecule has 0 aliphatic carbocycles. The van der Waals surface area contributed by atoms with E-state index >= 15 is 0 Å². The van der Waals surface area contributed by atoms with Crippen LogP contribution in [-0.2, 0) is 19.1 Å². The van der Waals surface area contributed by atoms with Gasteiger partial charge in [0.05, 0.1) is 20.1 Å². The molecule has 136 valence electrons. The number of esters is 1. The molecular weight excluding hydrogens is 312 g/mol. The zero-order valence-corrected chi connectivity index (χ0v) is 14.6. The summed E-state index contributed by atoms with van der Waals surface area (Å²) in [6.45, 7) is 6.63. The highest BCUT2D eigenvalue weighted by molar-refractivity contribution is 5.83.